The van der Waals surface area contributed by atoms with E-state index in [1.165, 1.54) is 11.1 Å². The Hall–Kier alpha value is -13.8. The Morgan fingerprint density at radius 2 is 0.493 bits per heavy atom. The quantitative estimate of drug-likeness (QED) is 0.0178. The van der Waals surface area contributed by atoms with Crippen molar-refractivity contribution in [2.45, 2.75) is 153 Å². The van der Waals surface area contributed by atoms with Crippen LogP contribution in [0, 0.1) is 47.3 Å². The van der Waals surface area contributed by atoms with Crippen molar-refractivity contribution >= 4 is 47.4 Å². The molecule has 12 aromatic carbocycles. The molecule has 6 unspecified atom stereocenters. The average molecular weight is 1980 g/mol. The van der Waals surface area contributed by atoms with E-state index in [4.69, 9.17) is 40.4 Å². The van der Waals surface area contributed by atoms with Crippen LogP contribution in [0.5, 0.6) is 0 Å². The first-order valence-corrected chi connectivity index (χ1v) is 49.4. The van der Waals surface area contributed by atoms with E-state index in [-0.39, 0.29) is 160 Å². The number of fused-ring (bicyclic) bond motifs is 3. The van der Waals surface area contributed by atoms with Gasteiger partial charge in [0.2, 0.25) is 11.8 Å². The van der Waals surface area contributed by atoms with Gasteiger partial charge in [0.15, 0.2) is 0 Å². The van der Waals surface area contributed by atoms with E-state index in [0.717, 1.165) is 81.3 Å². The van der Waals surface area contributed by atoms with Crippen LogP contribution in [0.4, 0.5) is 0 Å². The van der Waals surface area contributed by atoms with Crippen LogP contribution in [-0.2, 0) is 95.9 Å². The van der Waals surface area contributed by atoms with Crippen molar-refractivity contribution in [3.8, 4) is 0 Å². The number of benzene rings is 12. The highest BCUT2D eigenvalue weighted by Gasteiger charge is 2.70. The lowest BCUT2D eigenvalue weighted by Crippen LogP contribution is -2.38. The Labute approximate surface area is 852 Å². The van der Waals surface area contributed by atoms with Crippen molar-refractivity contribution in [2.75, 3.05) is 52.9 Å². The second-order valence-electron chi connectivity index (χ2n) is 39.6. The molecule has 0 spiro atoms. The summed E-state index contributed by atoms with van der Waals surface area (Å²) >= 11 is 0. The summed E-state index contributed by atoms with van der Waals surface area (Å²) in [6, 6.07) is 118. The highest BCUT2D eigenvalue weighted by atomic mass is 16.6. The first kappa shape index (κ1) is 113. The number of carboxylic acid groups (broad SMARTS) is 2. The Morgan fingerprint density at radius 3 is 0.692 bits per heavy atom. The van der Waals surface area contributed by atoms with Gasteiger partial charge in [0.1, 0.15) is 5.78 Å². The molecule has 25 nitrogen and oxygen atoms in total. The lowest BCUT2D eigenvalue weighted by atomic mass is 9.83. The standard InChI is InChI=1S/C20H22O2.2C19H21NO2.2C11H12O3.3C11H10O2.C8H11N.4H2O/c1-15(16-8-4-2-5-9-16)12-19(22)20(13-18(20)14-21)17-10-6-3-7-11-17;2*1-14(15-8-4-2-5-9-15)20-18(22)19(12-17(19)13-21)16-10-6-3-7-11-16;2*12-7-9-6-11(9,10(13)14)8-4-2-1-3-5-8;3*12-10-11(6-9(11)7-13-10)8-4-2-1-3-5-8;1-7(9)8-5-3-2-4-6-8;;;;/h2-11,15,18,21H,12-14H2,1H3;2*2-11,14,17,21H,12-13H2,1H3,(H,20,22);2*1-5,9,12H,6-7H2,(H,13,14);3*1-5,9H,6-7H2;2-7H,9H2,1H3;4*1H2/p-2/t15?,18-,20+;2*14?,17-,19+;4*9-,11+;;;;;;/m1001010....../s1. The van der Waals surface area contributed by atoms with E-state index < -0.39 is 39.0 Å². The van der Waals surface area contributed by atoms with Crippen LogP contribution in [0.15, 0.2) is 364 Å². The van der Waals surface area contributed by atoms with Crippen LogP contribution in [0.25, 0.3) is 0 Å². The first-order chi connectivity index (χ1) is 68.8. The summed E-state index contributed by atoms with van der Waals surface area (Å²) in [7, 11) is 0. The molecule has 3 saturated heterocycles. The number of nitrogens with one attached hydrogen (secondary N) is 2. The lowest BCUT2D eigenvalue weighted by Gasteiger charge is -2.21. The van der Waals surface area contributed by atoms with E-state index in [9.17, 15) is 53.7 Å². The highest BCUT2D eigenvalue weighted by molar-refractivity contribution is 5.96. The molecule has 3 heterocycles. The van der Waals surface area contributed by atoms with Crippen LogP contribution in [0.1, 0.15) is 176 Å². The number of amides is 2. The van der Waals surface area contributed by atoms with Gasteiger partial charge in [-0.1, -0.05) is 371 Å². The highest BCUT2D eigenvalue weighted by Crippen LogP contribution is 2.63. The SMILES string of the molecule is CC(CC(=O)[C@]1(c2ccccc2)C[C@@H]1CO)c1ccccc1.CC(N)c1ccccc1.CC(NC(=O)[C@@]1(c2ccccc2)C[C@H]1CO)c1ccccc1.CC(NC(=O)[C@@]1(c2ccccc2)C[C@H]1CO)c1ccccc1.O.O.O=C(O)[C@@]1(c2ccccc2)C[C@H]1CO.O=C(O)[C@]1(c2ccccc2)C[C@@H]1CO.O=C1OCC2CC12c1ccccc1.O=C1OC[C@@H]2C[C@]12c1ccccc1.O=C1OC[C@H]2C[C@@]12c1ccccc1.[OH-].[OH-]. The molecular weight excluding hydrogens is 1850 g/mol. The van der Waals surface area contributed by atoms with Crippen LogP contribution >= 0.6 is 0 Å². The Kier molecular flexibility index (Phi) is 38.1. The van der Waals surface area contributed by atoms with Crippen molar-refractivity contribution < 1.29 is 110 Å². The topological polar surface area (TPSA) is 479 Å². The number of hydrogen-bond acceptors (Lipinski definition) is 19. The molecule has 12 aromatic rings. The van der Waals surface area contributed by atoms with E-state index >= 15 is 0 Å². The fourth-order valence-corrected chi connectivity index (χ4v) is 21.6. The van der Waals surface area contributed by atoms with Gasteiger partial charge in [-0.05, 0) is 151 Å². The molecule has 0 radical (unpaired) electrons. The summed E-state index contributed by atoms with van der Waals surface area (Å²) in [6.07, 6.45) is 6.75. The van der Waals surface area contributed by atoms with Crippen molar-refractivity contribution in [1.82, 2.24) is 10.6 Å². The number of esters is 3. The number of ether oxygens (including phenoxy) is 3. The second-order valence-corrected chi connectivity index (χ2v) is 39.6. The third-order valence-electron chi connectivity index (χ3n) is 31.1. The number of ketones is 1. The predicted octanol–water partition coefficient (Wildman–Crippen LogP) is 15.6. The van der Waals surface area contributed by atoms with Gasteiger partial charge in [-0.25, -0.2) is 0 Å². The minimum absolute atomic E-state index is 0. The van der Waals surface area contributed by atoms with E-state index in [2.05, 4.69) is 29.7 Å². The summed E-state index contributed by atoms with van der Waals surface area (Å²) in [5.74, 6) is -0.0636. The van der Waals surface area contributed by atoms with Crippen molar-refractivity contribution in [2.24, 2.45) is 53.1 Å². The van der Waals surface area contributed by atoms with Gasteiger partial charge in [-0.3, -0.25) is 38.4 Å². The fourth-order valence-electron chi connectivity index (χ4n) is 21.6. The largest absolute Gasteiger partial charge is 0.870 e. The zero-order valence-electron chi connectivity index (χ0n) is 82.7. The minimum atomic E-state index is -0.831. The molecule has 25 heteroatoms. The molecule has 11 fully saturated rings. The van der Waals surface area contributed by atoms with Crippen molar-refractivity contribution in [1.29, 1.82) is 0 Å². The van der Waals surface area contributed by atoms with Gasteiger partial charge in [-0.15, -0.1) is 0 Å². The minimum Gasteiger partial charge on any atom is -0.870 e. The van der Waals surface area contributed by atoms with Gasteiger partial charge < -0.3 is 88.2 Å². The molecule has 2 amide bonds. The molecule has 23 rings (SSSR count). The summed E-state index contributed by atoms with van der Waals surface area (Å²) in [5.41, 5.74) is 14.2. The summed E-state index contributed by atoms with van der Waals surface area (Å²) in [5, 5.41) is 71.1. The normalized spacial score (nSPS) is 27.1. The number of Topliss-reactive ketones (excluding diaryl/α,β-unsaturated/α-hetero) is 1. The van der Waals surface area contributed by atoms with Gasteiger partial charge in [0.25, 0.3) is 0 Å². The lowest BCUT2D eigenvalue weighted by molar-refractivity contribution is -0.143. The molecule has 8 saturated carbocycles. The predicted molar refractivity (Wildman–Crippen MR) is 554 cm³/mol. The van der Waals surface area contributed by atoms with Crippen LogP contribution in [-0.4, -0.2) is 158 Å². The number of aliphatic hydroxyl groups excluding tert-OH is 5. The van der Waals surface area contributed by atoms with Crippen molar-refractivity contribution in [3.05, 3.63) is 431 Å². The van der Waals surface area contributed by atoms with E-state index in [1.54, 1.807) is 0 Å². The van der Waals surface area contributed by atoms with Crippen LogP contribution < -0.4 is 16.4 Å². The zero-order valence-corrected chi connectivity index (χ0v) is 82.7. The maximum absolute atomic E-state index is 13.0. The van der Waals surface area contributed by atoms with E-state index in [1.807, 2.05) is 373 Å². The molecule has 768 valence electrons. The molecule has 0 aromatic heterocycles. The average Bonchev–Trinajstić information content (AvgIpc) is 1.52. The summed E-state index contributed by atoms with van der Waals surface area (Å²) in [4.78, 5) is 95.5. The van der Waals surface area contributed by atoms with Gasteiger partial charge in [0, 0.05) is 86.9 Å². The zero-order chi connectivity index (χ0) is 100. The molecule has 0 bridgehead atoms. The molecule has 3 aliphatic heterocycles. The molecule has 146 heavy (non-hydrogen) atoms. The molecule has 20 atom stereocenters. The third-order valence-corrected chi connectivity index (χ3v) is 31.1. The maximum Gasteiger partial charge on any atom is 0.317 e. The smallest absolute Gasteiger partial charge is 0.317 e. The van der Waals surface area contributed by atoms with Crippen LogP contribution in [0.3, 0.4) is 0 Å². The van der Waals surface area contributed by atoms with Gasteiger partial charge in [0.05, 0.1) is 75.2 Å². The number of aliphatic hydroxyl groups is 5. The molecule has 11 aliphatic rings. The summed E-state index contributed by atoms with van der Waals surface area (Å²) < 4.78 is 15.1. The number of cyclic esters (lactones) is 3. The molecule has 8 aliphatic carbocycles. The van der Waals surface area contributed by atoms with Crippen LogP contribution in [0.2, 0.25) is 0 Å². The Bertz CT molecular complexity index is 5700. The number of rotatable bonds is 26. The monoisotopic (exact) mass is 1980 g/mol. The summed E-state index contributed by atoms with van der Waals surface area (Å²) in [6.45, 7) is 9.98. The number of carbonyl (C=O) groups is 8. The van der Waals surface area contributed by atoms with Gasteiger partial charge >= 0.3 is 29.8 Å². The number of hydrogen-bond donors (Lipinski definition) is 10. The number of aliphatic carboxylic acids is 2. The number of carbonyl (C=O) groups excluding carboxylic acids is 6. The Balaban J connectivity index is 0.000000158. The third kappa shape index (κ3) is 23.6. The number of nitrogens with two attached hydrogens (primary N) is 1. The Morgan fingerprint density at radius 1 is 0.295 bits per heavy atom. The second kappa shape index (κ2) is 49.4. The molecular formula is C121H135N3O22-2. The maximum atomic E-state index is 13.0. The fraction of sp³-hybridized carbons (Fsp3) is 0.339. The van der Waals surface area contributed by atoms with Crippen molar-refractivity contribution in [3.63, 3.8) is 0 Å². The van der Waals surface area contributed by atoms with Gasteiger partial charge in [-0.2, -0.15) is 0 Å². The first-order valence-electron chi connectivity index (χ1n) is 49.4. The number of carboxylic acids is 2. The van der Waals surface area contributed by atoms with E-state index in [0.29, 0.717) is 69.7 Å². The molecule has 17 N–H and O–H groups in total.